The summed E-state index contributed by atoms with van der Waals surface area (Å²) in [6.07, 6.45) is 5.96. The van der Waals surface area contributed by atoms with Crippen LogP contribution in [0.25, 0.3) is 16.5 Å². The molecule has 0 N–H and O–H groups in total. The van der Waals surface area contributed by atoms with Crippen LogP contribution in [0.4, 0.5) is 13.2 Å². The molecule has 0 amide bonds. The number of pyridine rings is 1. The van der Waals surface area contributed by atoms with E-state index in [1.165, 1.54) is 12.1 Å². The molecule has 154 valence electrons. The lowest BCUT2D eigenvalue weighted by molar-refractivity contribution is 0.567. The first kappa shape index (κ1) is 21.5. The van der Waals surface area contributed by atoms with Gasteiger partial charge >= 0.3 is 0 Å². The van der Waals surface area contributed by atoms with Crippen molar-refractivity contribution in [3.8, 4) is 0 Å². The third kappa shape index (κ3) is 3.93. The molecule has 30 heavy (non-hydrogen) atoms. The molecule has 0 aliphatic heterocycles. The highest BCUT2D eigenvalue weighted by atomic mass is 32.2. The van der Waals surface area contributed by atoms with Crippen LogP contribution in [0.1, 0.15) is 19.4 Å². The second-order valence-electron chi connectivity index (χ2n) is 6.58. The summed E-state index contributed by atoms with van der Waals surface area (Å²) in [6, 6.07) is 6.26. The summed E-state index contributed by atoms with van der Waals surface area (Å²) in [4.78, 5) is 3.14. The summed E-state index contributed by atoms with van der Waals surface area (Å²) >= 11 is 0. The highest BCUT2D eigenvalue weighted by molar-refractivity contribution is 7.91. The van der Waals surface area contributed by atoms with Gasteiger partial charge in [0.1, 0.15) is 23.0 Å². The van der Waals surface area contributed by atoms with Crippen molar-refractivity contribution in [3.05, 3.63) is 96.0 Å². The van der Waals surface area contributed by atoms with Crippen molar-refractivity contribution in [2.75, 3.05) is 0 Å². The van der Waals surface area contributed by atoms with Crippen LogP contribution in [0.3, 0.4) is 0 Å². The molecule has 2 aromatic carbocycles. The van der Waals surface area contributed by atoms with Crippen molar-refractivity contribution in [3.63, 3.8) is 0 Å². The Morgan fingerprint density at radius 1 is 1.10 bits per heavy atom. The van der Waals surface area contributed by atoms with Gasteiger partial charge in [0.25, 0.3) is 0 Å². The summed E-state index contributed by atoms with van der Waals surface area (Å²) in [5.74, 6) is -2.67. The fraction of sp³-hybridized carbons (Fsp3) is 0.0870. The summed E-state index contributed by atoms with van der Waals surface area (Å²) < 4.78 is 68.5. The standard InChI is InChI=1S/C23H18F3NO2S/c1-4-14(3)9-15(5-2)22-19-7-6-8-20(26)23(19)27-13-21(22)30(28,29)18-11-16(24)10-17(25)12-18/h4-13H,1H2,2-3H3/b14-9-,15-5+. The number of fused-ring (bicyclic) bond motifs is 1. The van der Waals surface area contributed by atoms with Crippen LogP contribution in [0.5, 0.6) is 0 Å². The molecule has 3 aromatic rings. The molecule has 1 aromatic heterocycles. The molecule has 0 spiro atoms. The molecule has 0 bridgehead atoms. The Bertz CT molecular complexity index is 1310. The molecule has 0 saturated carbocycles. The number of para-hydroxylation sites is 1. The first-order chi connectivity index (χ1) is 14.2. The minimum absolute atomic E-state index is 0.0131. The topological polar surface area (TPSA) is 47.0 Å². The smallest absolute Gasteiger partial charge is 0.208 e. The van der Waals surface area contributed by atoms with Gasteiger partial charge in [-0.25, -0.2) is 21.6 Å². The van der Waals surface area contributed by atoms with Crippen LogP contribution < -0.4 is 0 Å². The number of nitrogens with zero attached hydrogens (tertiary/aromatic N) is 1. The minimum atomic E-state index is -4.38. The van der Waals surface area contributed by atoms with Crippen LogP contribution in [0.2, 0.25) is 0 Å². The lowest BCUT2D eigenvalue weighted by atomic mass is 9.99. The molecule has 0 fully saturated rings. The third-order valence-corrected chi connectivity index (χ3v) is 6.30. The van der Waals surface area contributed by atoms with E-state index in [-0.39, 0.29) is 21.4 Å². The Morgan fingerprint density at radius 3 is 2.37 bits per heavy atom. The van der Waals surface area contributed by atoms with Crippen LogP contribution in [-0.4, -0.2) is 13.4 Å². The van der Waals surface area contributed by atoms with E-state index in [1.807, 2.05) is 0 Å². The molecular formula is C23H18F3NO2S. The number of aromatic nitrogens is 1. The van der Waals surface area contributed by atoms with E-state index in [9.17, 15) is 21.6 Å². The zero-order valence-electron chi connectivity index (χ0n) is 16.3. The predicted octanol–water partition coefficient (Wildman–Crippen LogP) is 6.02. The normalized spacial score (nSPS) is 13.0. The number of sulfone groups is 1. The molecule has 0 atom stereocenters. The Hall–Kier alpha value is -3.19. The number of benzene rings is 2. The van der Waals surface area contributed by atoms with Gasteiger partial charge in [0.2, 0.25) is 9.84 Å². The molecular weight excluding hydrogens is 411 g/mol. The molecule has 7 heteroatoms. The van der Waals surface area contributed by atoms with Crippen molar-refractivity contribution < 1.29 is 21.6 Å². The number of rotatable bonds is 5. The van der Waals surface area contributed by atoms with Crippen LogP contribution in [0.15, 0.2) is 82.8 Å². The zero-order chi connectivity index (χ0) is 22.1. The fourth-order valence-electron chi connectivity index (χ4n) is 3.08. The van der Waals surface area contributed by atoms with Gasteiger partial charge in [-0.1, -0.05) is 42.5 Å². The summed E-state index contributed by atoms with van der Waals surface area (Å²) in [6.45, 7) is 7.16. The predicted molar refractivity (Wildman–Crippen MR) is 111 cm³/mol. The summed E-state index contributed by atoms with van der Waals surface area (Å²) in [7, 11) is -4.38. The van der Waals surface area contributed by atoms with Crippen molar-refractivity contribution in [1.82, 2.24) is 4.98 Å². The Balaban J connectivity index is 2.44. The second kappa shape index (κ2) is 8.28. The SMILES string of the molecule is C=C/C(C)=C\C(=C/C)c1c(S(=O)(=O)c2cc(F)cc(F)c2)cnc2c(F)cccc12. The van der Waals surface area contributed by atoms with Gasteiger partial charge in [0.05, 0.1) is 9.79 Å². The van der Waals surface area contributed by atoms with Crippen LogP contribution in [0, 0.1) is 17.5 Å². The van der Waals surface area contributed by atoms with E-state index in [0.29, 0.717) is 11.6 Å². The molecule has 0 aliphatic rings. The Kier molecular flexibility index (Phi) is 5.94. The average molecular weight is 429 g/mol. The van der Waals surface area contributed by atoms with Crippen LogP contribution >= 0.6 is 0 Å². The van der Waals surface area contributed by atoms with Crippen molar-refractivity contribution in [1.29, 1.82) is 0 Å². The lowest BCUT2D eigenvalue weighted by Crippen LogP contribution is -2.08. The number of hydrogen-bond acceptors (Lipinski definition) is 3. The number of halogens is 3. The summed E-state index contributed by atoms with van der Waals surface area (Å²) in [5, 5.41) is 0.258. The van der Waals surface area contributed by atoms with E-state index in [4.69, 9.17) is 0 Å². The molecule has 1 heterocycles. The quantitative estimate of drug-likeness (QED) is 0.466. The minimum Gasteiger partial charge on any atom is -0.252 e. The third-order valence-electron chi connectivity index (χ3n) is 4.55. The molecule has 0 saturated heterocycles. The molecule has 0 aliphatic carbocycles. The first-order valence-electron chi connectivity index (χ1n) is 8.95. The van der Waals surface area contributed by atoms with E-state index >= 15 is 0 Å². The Labute approximate surface area is 172 Å². The second-order valence-corrected chi connectivity index (χ2v) is 8.50. The monoisotopic (exact) mass is 429 g/mol. The van der Waals surface area contributed by atoms with E-state index < -0.39 is 32.2 Å². The van der Waals surface area contributed by atoms with Gasteiger partial charge in [0, 0.05) is 23.2 Å². The lowest BCUT2D eigenvalue weighted by Gasteiger charge is -2.15. The van der Waals surface area contributed by atoms with E-state index in [0.717, 1.165) is 23.9 Å². The maximum absolute atomic E-state index is 14.4. The average Bonchev–Trinajstić information content (AvgIpc) is 2.70. The highest BCUT2D eigenvalue weighted by Crippen LogP contribution is 2.35. The molecule has 3 rings (SSSR count). The zero-order valence-corrected chi connectivity index (χ0v) is 17.1. The van der Waals surface area contributed by atoms with E-state index in [2.05, 4.69) is 11.6 Å². The summed E-state index contributed by atoms with van der Waals surface area (Å²) in [5.41, 5.74) is 1.39. The van der Waals surface area contributed by atoms with Crippen molar-refractivity contribution >= 4 is 26.3 Å². The fourth-order valence-corrected chi connectivity index (χ4v) is 4.56. The number of hydrogen-bond donors (Lipinski definition) is 0. The van der Waals surface area contributed by atoms with Gasteiger partial charge in [-0.3, -0.25) is 4.98 Å². The van der Waals surface area contributed by atoms with Gasteiger partial charge in [-0.2, -0.15) is 0 Å². The molecule has 3 nitrogen and oxygen atoms in total. The largest absolute Gasteiger partial charge is 0.252 e. The Morgan fingerprint density at radius 2 is 1.77 bits per heavy atom. The van der Waals surface area contributed by atoms with Gasteiger partial charge < -0.3 is 0 Å². The van der Waals surface area contributed by atoms with Gasteiger partial charge in [-0.05, 0) is 37.6 Å². The van der Waals surface area contributed by atoms with Gasteiger partial charge in [-0.15, -0.1) is 0 Å². The molecule has 0 unspecified atom stereocenters. The number of allylic oxidation sites excluding steroid dienone is 5. The highest BCUT2D eigenvalue weighted by Gasteiger charge is 2.26. The maximum Gasteiger partial charge on any atom is 0.208 e. The van der Waals surface area contributed by atoms with Gasteiger partial charge in [0.15, 0.2) is 0 Å². The van der Waals surface area contributed by atoms with Crippen LogP contribution in [-0.2, 0) is 9.84 Å². The van der Waals surface area contributed by atoms with Crippen molar-refractivity contribution in [2.45, 2.75) is 23.6 Å². The van der Waals surface area contributed by atoms with Crippen molar-refractivity contribution in [2.24, 2.45) is 0 Å². The maximum atomic E-state index is 14.4. The first-order valence-corrected chi connectivity index (χ1v) is 10.4. The van der Waals surface area contributed by atoms with E-state index in [1.54, 1.807) is 38.1 Å². The molecule has 0 radical (unpaired) electrons.